The first-order valence-electron chi connectivity index (χ1n) is 15.0. The van der Waals surface area contributed by atoms with E-state index in [1.54, 1.807) is 0 Å². The first kappa shape index (κ1) is 29.2. The number of nitrogens with zero attached hydrogens (tertiary/aromatic N) is 1. The molecule has 0 radical (unpaired) electrons. The van der Waals surface area contributed by atoms with Crippen LogP contribution >= 0.6 is 0 Å². The van der Waals surface area contributed by atoms with E-state index in [0.717, 1.165) is 53.5 Å². The molecule has 1 saturated heterocycles. The van der Waals surface area contributed by atoms with Crippen LogP contribution in [0.25, 0.3) is 21.9 Å². The van der Waals surface area contributed by atoms with Crippen molar-refractivity contribution in [2.24, 2.45) is 0 Å². The average molecular weight is 588 g/mol. The molecule has 2 amide bonds. The molecule has 0 atom stereocenters. The van der Waals surface area contributed by atoms with Crippen LogP contribution in [-0.4, -0.2) is 30.3 Å². The Bertz CT molecular complexity index is 1740. The zero-order valence-electron chi connectivity index (χ0n) is 25.3. The maximum absolute atomic E-state index is 13.4. The highest BCUT2D eigenvalue weighted by atomic mass is 16.5. The summed E-state index contributed by atoms with van der Waals surface area (Å²) in [6.45, 7) is 7.86. The Hall–Kier alpha value is -4.88. The fraction of sp³-hybridized carbons (Fsp3) is 0.243. The summed E-state index contributed by atoms with van der Waals surface area (Å²) in [5.41, 5.74) is 4.27. The van der Waals surface area contributed by atoms with Crippen molar-refractivity contribution in [1.29, 1.82) is 0 Å². The van der Waals surface area contributed by atoms with E-state index in [4.69, 9.17) is 14.2 Å². The topological polar surface area (TPSA) is 81.7 Å². The molecule has 1 aliphatic heterocycles. The summed E-state index contributed by atoms with van der Waals surface area (Å²) in [5, 5.41) is 8.03. The molecule has 1 aliphatic rings. The van der Waals surface area contributed by atoms with Crippen LogP contribution in [-0.2, 0) is 10.2 Å². The van der Waals surface area contributed by atoms with E-state index in [-0.39, 0.29) is 17.6 Å². The van der Waals surface area contributed by atoms with Gasteiger partial charge >= 0.3 is 6.03 Å². The number of carbonyl (C=O) groups excluding carboxylic acids is 1. The Morgan fingerprint density at radius 1 is 0.818 bits per heavy atom. The SMILES string of the molecule is CC(C)(C)c1ccc(Oc2ccccc2)c(NC(=O)Nc2ccc(-c3ccc(OC4CCOCC4)nc3)c3ccccc23)c1. The molecule has 5 aromatic rings. The highest BCUT2D eigenvalue weighted by Crippen LogP contribution is 2.36. The zero-order valence-corrected chi connectivity index (χ0v) is 25.3. The van der Waals surface area contributed by atoms with Gasteiger partial charge < -0.3 is 24.8 Å². The lowest BCUT2D eigenvalue weighted by Gasteiger charge is -2.22. The van der Waals surface area contributed by atoms with Crippen molar-refractivity contribution in [2.75, 3.05) is 23.8 Å². The monoisotopic (exact) mass is 587 g/mol. The second kappa shape index (κ2) is 12.8. The van der Waals surface area contributed by atoms with Gasteiger partial charge in [0.2, 0.25) is 5.88 Å². The van der Waals surface area contributed by atoms with E-state index in [1.807, 2.05) is 97.2 Å². The second-order valence-electron chi connectivity index (χ2n) is 12.0. The van der Waals surface area contributed by atoms with Crippen LogP contribution in [0, 0.1) is 0 Å². The van der Waals surface area contributed by atoms with E-state index in [0.29, 0.717) is 28.8 Å². The number of ether oxygens (including phenoxy) is 3. The highest BCUT2D eigenvalue weighted by molar-refractivity contribution is 6.10. The number of para-hydroxylation sites is 1. The first-order valence-corrected chi connectivity index (χ1v) is 15.0. The van der Waals surface area contributed by atoms with Gasteiger partial charge in [-0.3, -0.25) is 0 Å². The van der Waals surface area contributed by atoms with E-state index in [2.05, 4.69) is 42.5 Å². The third kappa shape index (κ3) is 6.84. The molecule has 0 spiro atoms. The second-order valence-corrected chi connectivity index (χ2v) is 12.0. The summed E-state index contributed by atoms with van der Waals surface area (Å²) in [5.74, 6) is 1.88. The third-order valence-electron chi connectivity index (χ3n) is 7.74. The first-order chi connectivity index (χ1) is 21.3. The van der Waals surface area contributed by atoms with Gasteiger partial charge in [-0.25, -0.2) is 9.78 Å². The van der Waals surface area contributed by atoms with Gasteiger partial charge in [0.05, 0.1) is 24.6 Å². The predicted molar refractivity (Wildman–Crippen MR) is 176 cm³/mol. The Morgan fingerprint density at radius 3 is 2.27 bits per heavy atom. The minimum Gasteiger partial charge on any atom is -0.474 e. The van der Waals surface area contributed by atoms with Gasteiger partial charge in [-0.1, -0.05) is 75.4 Å². The van der Waals surface area contributed by atoms with Gasteiger partial charge in [-0.2, -0.15) is 0 Å². The molecule has 224 valence electrons. The summed E-state index contributed by atoms with van der Waals surface area (Å²) in [6.07, 6.45) is 3.72. The van der Waals surface area contributed by atoms with Gasteiger partial charge in [-0.05, 0) is 58.3 Å². The number of anilines is 2. The molecule has 2 N–H and O–H groups in total. The maximum atomic E-state index is 13.4. The largest absolute Gasteiger partial charge is 0.474 e. The summed E-state index contributed by atoms with van der Waals surface area (Å²) >= 11 is 0. The van der Waals surface area contributed by atoms with Crippen LogP contribution in [0.1, 0.15) is 39.2 Å². The van der Waals surface area contributed by atoms with Crippen molar-refractivity contribution >= 4 is 28.2 Å². The van der Waals surface area contributed by atoms with E-state index in [1.165, 1.54) is 0 Å². The third-order valence-corrected chi connectivity index (χ3v) is 7.74. The molecule has 7 heteroatoms. The van der Waals surface area contributed by atoms with Crippen LogP contribution in [0.3, 0.4) is 0 Å². The van der Waals surface area contributed by atoms with Crippen molar-refractivity contribution in [3.8, 4) is 28.5 Å². The lowest BCUT2D eigenvalue weighted by atomic mass is 9.87. The molecule has 1 fully saturated rings. The quantitative estimate of drug-likeness (QED) is 0.198. The molecule has 7 nitrogen and oxygen atoms in total. The zero-order chi connectivity index (χ0) is 30.5. The van der Waals surface area contributed by atoms with Crippen LogP contribution in [0.2, 0.25) is 0 Å². The van der Waals surface area contributed by atoms with Crippen LogP contribution in [0.4, 0.5) is 16.2 Å². The maximum Gasteiger partial charge on any atom is 0.323 e. The van der Waals surface area contributed by atoms with Gasteiger partial charge in [0.25, 0.3) is 0 Å². The molecule has 0 saturated carbocycles. The summed E-state index contributed by atoms with van der Waals surface area (Å²) in [6, 6.07) is 31.0. The molecule has 4 aromatic carbocycles. The van der Waals surface area contributed by atoms with Crippen LogP contribution in [0.5, 0.6) is 17.4 Å². The Labute approximate surface area is 258 Å². The molecule has 1 aromatic heterocycles. The minimum absolute atomic E-state index is 0.103. The summed E-state index contributed by atoms with van der Waals surface area (Å²) in [4.78, 5) is 18.0. The Morgan fingerprint density at radius 2 is 1.55 bits per heavy atom. The van der Waals surface area contributed by atoms with Crippen molar-refractivity contribution in [1.82, 2.24) is 4.98 Å². The lowest BCUT2D eigenvalue weighted by Crippen LogP contribution is -2.26. The number of amides is 2. The van der Waals surface area contributed by atoms with Crippen molar-refractivity contribution < 1.29 is 19.0 Å². The molecular weight excluding hydrogens is 550 g/mol. The number of carbonyl (C=O) groups is 1. The number of fused-ring (bicyclic) bond motifs is 1. The van der Waals surface area contributed by atoms with Crippen molar-refractivity contribution in [2.45, 2.75) is 45.1 Å². The molecule has 6 rings (SSSR count). The summed E-state index contributed by atoms with van der Waals surface area (Å²) < 4.78 is 17.6. The average Bonchev–Trinajstić information content (AvgIpc) is 3.03. The van der Waals surface area contributed by atoms with Gasteiger partial charge in [0, 0.05) is 36.1 Å². The fourth-order valence-corrected chi connectivity index (χ4v) is 5.31. The van der Waals surface area contributed by atoms with Crippen LogP contribution < -0.4 is 20.1 Å². The molecular formula is C37H37N3O4. The van der Waals surface area contributed by atoms with Crippen molar-refractivity contribution in [3.63, 3.8) is 0 Å². The fourth-order valence-electron chi connectivity index (χ4n) is 5.31. The predicted octanol–water partition coefficient (Wildman–Crippen LogP) is 9.19. The van der Waals surface area contributed by atoms with Crippen LogP contribution in [0.15, 0.2) is 103 Å². The number of rotatable bonds is 7. The van der Waals surface area contributed by atoms with Gasteiger partial charge in [0.15, 0.2) is 5.75 Å². The molecule has 0 unspecified atom stereocenters. The van der Waals surface area contributed by atoms with Gasteiger partial charge in [0.1, 0.15) is 11.9 Å². The Balaban J connectivity index is 1.23. The number of nitrogens with one attached hydrogen (secondary N) is 2. The van der Waals surface area contributed by atoms with Gasteiger partial charge in [-0.15, -0.1) is 0 Å². The summed E-state index contributed by atoms with van der Waals surface area (Å²) in [7, 11) is 0. The van der Waals surface area contributed by atoms with E-state index in [9.17, 15) is 4.79 Å². The smallest absolute Gasteiger partial charge is 0.323 e. The van der Waals surface area contributed by atoms with E-state index >= 15 is 0 Å². The highest BCUT2D eigenvalue weighted by Gasteiger charge is 2.19. The number of benzene rings is 4. The Kier molecular flexibility index (Phi) is 8.48. The lowest BCUT2D eigenvalue weighted by molar-refractivity contribution is 0.0237. The number of pyridine rings is 1. The number of hydrogen-bond donors (Lipinski definition) is 2. The minimum atomic E-state index is -0.358. The number of aromatic nitrogens is 1. The molecule has 0 bridgehead atoms. The standard InChI is InChI=1S/C37H37N3O4/c1-37(2,3)26-14-17-34(43-27-9-5-4-6-10-27)33(23-26)40-36(41)39-32-16-15-29(30-11-7-8-12-31(30)32)25-13-18-35(38-24-25)44-28-19-21-42-22-20-28/h4-18,23-24,28H,19-22H2,1-3H3,(H2,39,40,41). The van der Waals surface area contributed by atoms with E-state index < -0.39 is 0 Å². The normalized spacial score (nSPS) is 13.8. The molecule has 0 aliphatic carbocycles. The number of hydrogen-bond acceptors (Lipinski definition) is 5. The molecule has 44 heavy (non-hydrogen) atoms. The van der Waals surface area contributed by atoms with Crippen molar-refractivity contribution in [3.05, 3.63) is 109 Å². The molecule has 2 heterocycles. The number of urea groups is 1.